The molecule has 4 rings (SSSR count). The van der Waals surface area contributed by atoms with Crippen LogP contribution in [-0.2, 0) is 22.6 Å². The summed E-state index contributed by atoms with van der Waals surface area (Å²) in [6.07, 6.45) is 1.01. The Balaban J connectivity index is 1.45. The van der Waals surface area contributed by atoms with E-state index >= 15 is 0 Å². The summed E-state index contributed by atoms with van der Waals surface area (Å²) in [4.78, 5) is 26.2. The van der Waals surface area contributed by atoms with Gasteiger partial charge in [-0.3, -0.25) is 9.59 Å². The van der Waals surface area contributed by atoms with E-state index in [1.165, 1.54) is 11.0 Å². The second-order valence-corrected chi connectivity index (χ2v) is 7.08. The van der Waals surface area contributed by atoms with Crippen LogP contribution in [0.1, 0.15) is 17.5 Å². The summed E-state index contributed by atoms with van der Waals surface area (Å²) in [5.41, 5.74) is 2.67. The lowest BCUT2D eigenvalue weighted by Gasteiger charge is -2.30. The third kappa shape index (κ3) is 4.49. The van der Waals surface area contributed by atoms with E-state index in [1.807, 2.05) is 30.3 Å². The molecule has 1 aliphatic heterocycles. The van der Waals surface area contributed by atoms with E-state index in [-0.39, 0.29) is 30.8 Å². The average Bonchev–Trinajstić information content (AvgIpc) is 2.76. The molecule has 3 aromatic rings. The van der Waals surface area contributed by atoms with Crippen LogP contribution in [0.2, 0.25) is 0 Å². The maximum absolute atomic E-state index is 14.0. The second-order valence-electron chi connectivity index (χ2n) is 7.08. The molecule has 1 N–H and O–H groups in total. The number of nitrogens with zero attached hydrogens (tertiary/aromatic N) is 1. The zero-order valence-corrected chi connectivity index (χ0v) is 16.3. The predicted molar refractivity (Wildman–Crippen MR) is 113 cm³/mol. The van der Waals surface area contributed by atoms with E-state index in [0.29, 0.717) is 35.5 Å². The molecule has 0 fully saturated rings. The number of carbonyl (C=O) groups is 2. The molecule has 0 aromatic heterocycles. The van der Waals surface area contributed by atoms with E-state index in [2.05, 4.69) is 5.32 Å². The molecule has 6 heteroatoms. The Labute approximate surface area is 174 Å². The zero-order valence-electron chi connectivity index (χ0n) is 16.3. The number of fused-ring (bicyclic) bond motifs is 1. The fraction of sp³-hybridized carbons (Fsp3) is 0.167. The fourth-order valence-electron chi connectivity index (χ4n) is 3.38. The van der Waals surface area contributed by atoms with E-state index in [0.717, 1.165) is 5.56 Å². The minimum atomic E-state index is -0.361. The normalized spacial score (nSPS) is 12.8. The van der Waals surface area contributed by atoms with Gasteiger partial charge in [-0.15, -0.1) is 0 Å². The molecule has 1 aliphatic rings. The summed E-state index contributed by atoms with van der Waals surface area (Å²) in [6, 6.07) is 21.3. The summed E-state index contributed by atoms with van der Waals surface area (Å²) in [5, 5.41) is 2.86. The molecule has 0 atom stereocenters. The van der Waals surface area contributed by atoms with Crippen molar-refractivity contribution < 1.29 is 18.7 Å². The summed E-state index contributed by atoms with van der Waals surface area (Å²) >= 11 is 0. The van der Waals surface area contributed by atoms with Gasteiger partial charge in [-0.25, -0.2) is 4.39 Å². The van der Waals surface area contributed by atoms with Gasteiger partial charge in [0.1, 0.15) is 11.6 Å². The van der Waals surface area contributed by atoms with Crippen molar-refractivity contribution in [2.75, 3.05) is 16.8 Å². The molecule has 0 bridgehead atoms. The number of halogens is 1. The minimum absolute atomic E-state index is 0.103. The Morgan fingerprint density at radius 2 is 1.80 bits per heavy atom. The average molecular weight is 404 g/mol. The molecule has 0 spiro atoms. The third-order valence-electron chi connectivity index (χ3n) is 4.96. The molecule has 0 saturated carbocycles. The van der Waals surface area contributed by atoms with Gasteiger partial charge in [0, 0.05) is 23.7 Å². The van der Waals surface area contributed by atoms with Gasteiger partial charge >= 0.3 is 0 Å². The molecule has 0 saturated heterocycles. The predicted octanol–water partition coefficient (Wildman–Crippen LogP) is 4.32. The molecule has 3 aromatic carbocycles. The standard InChI is InChI=1S/C24H21FN2O3/c25-20-9-5-4-8-18(20)15-27-21-12-11-19(14-22(21)30-16-24(27)29)26-23(28)13-10-17-6-2-1-3-7-17/h1-9,11-12,14H,10,13,15-16H2,(H,26,28). The molecule has 30 heavy (non-hydrogen) atoms. The van der Waals surface area contributed by atoms with Crippen molar-refractivity contribution in [2.45, 2.75) is 19.4 Å². The van der Waals surface area contributed by atoms with Crippen LogP contribution >= 0.6 is 0 Å². The summed E-state index contributed by atoms with van der Waals surface area (Å²) < 4.78 is 19.6. The first-order valence-electron chi connectivity index (χ1n) is 9.74. The monoisotopic (exact) mass is 404 g/mol. The molecule has 5 nitrogen and oxygen atoms in total. The summed E-state index contributed by atoms with van der Waals surface area (Å²) in [7, 11) is 0. The van der Waals surface area contributed by atoms with Crippen LogP contribution in [-0.4, -0.2) is 18.4 Å². The van der Waals surface area contributed by atoms with Crippen LogP contribution in [0.4, 0.5) is 15.8 Å². The Morgan fingerprint density at radius 3 is 2.60 bits per heavy atom. The van der Waals surface area contributed by atoms with Crippen molar-refractivity contribution in [2.24, 2.45) is 0 Å². The number of hydrogen-bond acceptors (Lipinski definition) is 3. The Bertz CT molecular complexity index is 1070. The maximum atomic E-state index is 14.0. The van der Waals surface area contributed by atoms with Gasteiger partial charge in [0.15, 0.2) is 6.61 Å². The first kappa shape index (κ1) is 19.6. The minimum Gasteiger partial charge on any atom is -0.481 e. The van der Waals surface area contributed by atoms with Crippen molar-refractivity contribution in [3.63, 3.8) is 0 Å². The van der Waals surface area contributed by atoms with Gasteiger partial charge in [-0.1, -0.05) is 48.5 Å². The van der Waals surface area contributed by atoms with Crippen LogP contribution < -0.4 is 15.0 Å². The number of amides is 2. The smallest absolute Gasteiger partial charge is 0.265 e. The molecule has 0 aliphatic carbocycles. The lowest BCUT2D eigenvalue weighted by molar-refractivity contribution is -0.121. The molecule has 2 amide bonds. The molecule has 1 heterocycles. The Morgan fingerprint density at radius 1 is 1.03 bits per heavy atom. The third-order valence-corrected chi connectivity index (χ3v) is 4.96. The topological polar surface area (TPSA) is 58.6 Å². The van der Waals surface area contributed by atoms with Crippen LogP contribution in [0.15, 0.2) is 72.8 Å². The highest BCUT2D eigenvalue weighted by atomic mass is 19.1. The number of hydrogen-bond donors (Lipinski definition) is 1. The van der Waals surface area contributed by atoms with Crippen molar-refractivity contribution >= 4 is 23.2 Å². The van der Waals surface area contributed by atoms with Crippen molar-refractivity contribution in [1.29, 1.82) is 0 Å². The number of anilines is 2. The SMILES string of the molecule is O=C(CCc1ccccc1)Nc1ccc2c(c1)OCC(=O)N2Cc1ccccc1F. The van der Waals surface area contributed by atoms with Gasteiger partial charge in [-0.2, -0.15) is 0 Å². The summed E-state index contributed by atoms with van der Waals surface area (Å²) in [6.45, 7) is -0.0164. The van der Waals surface area contributed by atoms with Crippen LogP contribution in [0, 0.1) is 5.82 Å². The quantitative estimate of drug-likeness (QED) is 0.666. The highest BCUT2D eigenvalue weighted by Crippen LogP contribution is 2.35. The number of ether oxygens (including phenoxy) is 1. The Hall–Kier alpha value is -3.67. The lowest BCUT2D eigenvalue weighted by Crippen LogP contribution is -2.38. The second kappa shape index (κ2) is 8.78. The number of nitrogens with one attached hydrogen (secondary N) is 1. The van der Waals surface area contributed by atoms with E-state index < -0.39 is 0 Å². The largest absolute Gasteiger partial charge is 0.481 e. The van der Waals surface area contributed by atoms with Crippen molar-refractivity contribution in [3.05, 3.63) is 89.7 Å². The first-order valence-corrected chi connectivity index (χ1v) is 9.74. The van der Waals surface area contributed by atoms with E-state index in [9.17, 15) is 14.0 Å². The fourth-order valence-corrected chi connectivity index (χ4v) is 3.38. The van der Waals surface area contributed by atoms with E-state index in [4.69, 9.17) is 4.74 Å². The van der Waals surface area contributed by atoms with Gasteiger partial charge < -0.3 is 15.0 Å². The van der Waals surface area contributed by atoms with E-state index in [1.54, 1.807) is 36.4 Å². The molecule has 0 unspecified atom stereocenters. The van der Waals surface area contributed by atoms with Crippen LogP contribution in [0.25, 0.3) is 0 Å². The number of aryl methyl sites for hydroxylation is 1. The molecule has 0 radical (unpaired) electrons. The molecular weight excluding hydrogens is 383 g/mol. The van der Waals surface area contributed by atoms with Gasteiger partial charge in [-0.05, 0) is 30.2 Å². The summed E-state index contributed by atoms with van der Waals surface area (Å²) in [5.74, 6) is -0.230. The van der Waals surface area contributed by atoms with Gasteiger partial charge in [0.25, 0.3) is 5.91 Å². The van der Waals surface area contributed by atoms with Crippen LogP contribution in [0.3, 0.4) is 0 Å². The Kier molecular flexibility index (Phi) is 5.75. The van der Waals surface area contributed by atoms with Crippen LogP contribution in [0.5, 0.6) is 5.75 Å². The highest BCUT2D eigenvalue weighted by molar-refractivity contribution is 5.99. The van der Waals surface area contributed by atoms with Gasteiger partial charge in [0.05, 0.1) is 12.2 Å². The zero-order chi connectivity index (χ0) is 20.9. The van der Waals surface area contributed by atoms with Crippen molar-refractivity contribution in [1.82, 2.24) is 0 Å². The first-order chi connectivity index (χ1) is 14.6. The maximum Gasteiger partial charge on any atom is 0.265 e. The number of rotatable bonds is 6. The lowest BCUT2D eigenvalue weighted by atomic mass is 10.1. The number of benzene rings is 3. The number of carbonyl (C=O) groups excluding carboxylic acids is 2. The highest BCUT2D eigenvalue weighted by Gasteiger charge is 2.26. The van der Waals surface area contributed by atoms with Crippen molar-refractivity contribution in [3.8, 4) is 5.75 Å². The van der Waals surface area contributed by atoms with Gasteiger partial charge in [0.2, 0.25) is 5.91 Å². The molecular formula is C24H21FN2O3. The molecule has 152 valence electrons.